The van der Waals surface area contributed by atoms with E-state index in [0.717, 1.165) is 42.6 Å². The highest BCUT2D eigenvalue weighted by atomic mass is 127. The molecule has 0 saturated carbocycles. The second-order valence-electron chi connectivity index (χ2n) is 6.49. The number of aliphatic imine (C=N–C) groups is 1. The summed E-state index contributed by atoms with van der Waals surface area (Å²) in [5, 5.41) is 6.81. The summed E-state index contributed by atoms with van der Waals surface area (Å²) >= 11 is 0. The van der Waals surface area contributed by atoms with Gasteiger partial charge in [0.15, 0.2) is 5.96 Å². The SMILES string of the molecule is CN=C(NCc1ccc(C)cc1OC)NCC1CCOc2ccccc21.I. The minimum Gasteiger partial charge on any atom is -0.496 e. The van der Waals surface area contributed by atoms with Crippen LogP contribution in [0.15, 0.2) is 47.5 Å². The van der Waals surface area contributed by atoms with Crippen LogP contribution in [-0.2, 0) is 6.54 Å². The normalized spacial score (nSPS) is 15.8. The largest absolute Gasteiger partial charge is 0.496 e. The Morgan fingerprint density at radius 3 is 2.81 bits per heavy atom. The fourth-order valence-corrected chi connectivity index (χ4v) is 3.25. The van der Waals surface area contributed by atoms with E-state index >= 15 is 0 Å². The Labute approximate surface area is 178 Å². The van der Waals surface area contributed by atoms with E-state index in [2.05, 4.69) is 46.8 Å². The van der Waals surface area contributed by atoms with Crippen LogP contribution in [0.2, 0.25) is 0 Å². The molecule has 6 heteroatoms. The molecule has 1 aliphatic rings. The van der Waals surface area contributed by atoms with E-state index < -0.39 is 0 Å². The Balaban J connectivity index is 0.00000261. The van der Waals surface area contributed by atoms with Gasteiger partial charge in [0.25, 0.3) is 0 Å². The van der Waals surface area contributed by atoms with Crippen LogP contribution < -0.4 is 20.1 Å². The lowest BCUT2D eigenvalue weighted by atomic mass is 9.93. The molecule has 0 radical (unpaired) electrons. The smallest absolute Gasteiger partial charge is 0.191 e. The lowest BCUT2D eigenvalue weighted by Crippen LogP contribution is -2.39. The molecule has 0 fully saturated rings. The van der Waals surface area contributed by atoms with E-state index in [-0.39, 0.29) is 24.0 Å². The number of methoxy groups -OCH3 is 1. The van der Waals surface area contributed by atoms with Gasteiger partial charge in [-0.15, -0.1) is 24.0 Å². The van der Waals surface area contributed by atoms with Crippen molar-refractivity contribution in [3.8, 4) is 11.5 Å². The van der Waals surface area contributed by atoms with Crippen LogP contribution >= 0.6 is 24.0 Å². The molecule has 0 spiro atoms. The van der Waals surface area contributed by atoms with Crippen molar-refractivity contribution in [1.29, 1.82) is 0 Å². The molecule has 1 aliphatic heterocycles. The number of rotatable bonds is 5. The summed E-state index contributed by atoms with van der Waals surface area (Å²) in [6, 6.07) is 14.5. The molecule has 1 heterocycles. The fraction of sp³-hybridized carbons (Fsp3) is 0.381. The van der Waals surface area contributed by atoms with E-state index in [4.69, 9.17) is 9.47 Å². The quantitative estimate of drug-likeness (QED) is 0.387. The lowest BCUT2D eigenvalue weighted by molar-refractivity contribution is 0.267. The number of ether oxygens (including phenoxy) is 2. The first kappa shape index (κ1) is 21.3. The molecule has 27 heavy (non-hydrogen) atoms. The predicted molar refractivity (Wildman–Crippen MR) is 121 cm³/mol. The van der Waals surface area contributed by atoms with Crippen molar-refractivity contribution in [1.82, 2.24) is 10.6 Å². The maximum absolute atomic E-state index is 5.74. The van der Waals surface area contributed by atoms with Crippen LogP contribution in [-0.4, -0.2) is 33.3 Å². The lowest BCUT2D eigenvalue weighted by Gasteiger charge is -2.26. The molecule has 2 aromatic carbocycles. The van der Waals surface area contributed by atoms with Crippen molar-refractivity contribution in [3.05, 3.63) is 59.2 Å². The van der Waals surface area contributed by atoms with E-state index in [1.54, 1.807) is 14.2 Å². The van der Waals surface area contributed by atoms with E-state index in [1.807, 2.05) is 18.2 Å². The number of hydrogen-bond donors (Lipinski definition) is 2. The van der Waals surface area contributed by atoms with Gasteiger partial charge in [0.05, 0.1) is 13.7 Å². The molecular weight excluding hydrogens is 453 g/mol. The monoisotopic (exact) mass is 481 g/mol. The third kappa shape index (κ3) is 5.51. The third-order valence-corrected chi connectivity index (χ3v) is 4.71. The summed E-state index contributed by atoms with van der Waals surface area (Å²) in [4.78, 5) is 4.34. The summed E-state index contributed by atoms with van der Waals surface area (Å²) in [6.07, 6.45) is 1.01. The fourth-order valence-electron chi connectivity index (χ4n) is 3.25. The van der Waals surface area contributed by atoms with Gasteiger partial charge in [-0.25, -0.2) is 0 Å². The van der Waals surface area contributed by atoms with Crippen LogP contribution in [0.5, 0.6) is 11.5 Å². The first-order valence-corrected chi connectivity index (χ1v) is 9.01. The van der Waals surface area contributed by atoms with E-state index in [0.29, 0.717) is 12.5 Å². The molecule has 0 bridgehead atoms. The zero-order chi connectivity index (χ0) is 18.4. The average molecular weight is 481 g/mol. The van der Waals surface area contributed by atoms with Crippen LogP contribution in [0, 0.1) is 6.92 Å². The summed E-state index contributed by atoms with van der Waals surface area (Å²) in [5.41, 5.74) is 3.56. The zero-order valence-electron chi connectivity index (χ0n) is 16.1. The molecule has 0 amide bonds. The Kier molecular flexibility index (Phi) is 8.22. The summed E-state index contributed by atoms with van der Waals surface area (Å²) in [7, 11) is 3.49. The molecular formula is C21H28IN3O2. The number of fused-ring (bicyclic) bond motifs is 1. The Morgan fingerprint density at radius 2 is 2.04 bits per heavy atom. The zero-order valence-corrected chi connectivity index (χ0v) is 18.4. The maximum atomic E-state index is 5.74. The molecule has 3 rings (SSSR count). The maximum Gasteiger partial charge on any atom is 0.191 e. The molecule has 146 valence electrons. The van der Waals surface area contributed by atoms with Crippen LogP contribution in [0.3, 0.4) is 0 Å². The standard InChI is InChI=1S/C21H27N3O2.HI/c1-15-8-9-17(20(12-15)25-3)14-24-21(22-2)23-13-16-10-11-26-19-7-5-4-6-18(16)19;/h4-9,12,16H,10-11,13-14H2,1-3H3,(H2,22,23,24);1H. The Morgan fingerprint density at radius 1 is 1.22 bits per heavy atom. The molecule has 0 aliphatic carbocycles. The minimum absolute atomic E-state index is 0. The summed E-state index contributed by atoms with van der Waals surface area (Å²) in [6.45, 7) is 4.31. The predicted octanol–water partition coefficient (Wildman–Crippen LogP) is 3.85. The van der Waals surface area contributed by atoms with Gasteiger partial charge >= 0.3 is 0 Å². The molecule has 2 N–H and O–H groups in total. The van der Waals surface area contributed by atoms with Gasteiger partial charge in [0.2, 0.25) is 0 Å². The topological polar surface area (TPSA) is 54.9 Å². The number of guanidine groups is 1. The van der Waals surface area contributed by atoms with Gasteiger partial charge < -0.3 is 20.1 Å². The van der Waals surface area contributed by atoms with Gasteiger partial charge in [0, 0.05) is 31.6 Å². The molecule has 2 aromatic rings. The molecule has 0 saturated heterocycles. The van der Waals surface area contributed by atoms with Crippen LogP contribution in [0.25, 0.3) is 0 Å². The van der Waals surface area contributed by atoms with Crippen molar-refractivity contribution >= 4 is 29.9 Å². The van der Waals surface area contributed by atoms with Crippen molar-refractivity contribution < 1.29 is 9.47 Å². The van der Waals surface area contributed by atoms with Gasteiger partial charge in [0.1, 0.15) is 11.5 Å². The number of hydrogen-bond acceptors (Lipinski definition) is 3. The highest BCUT2D eigenvalue weighted by Gasteiger charge is 2.21. The first-order valence-electron chi connectivity index (χ1n) is 9.01. The van der Waals surface area contributed by atoms with Gasteiger partial charge in [-0.3, -0.25) is 4.99 Å². The number of nitrogens with zero attached hydrogens (tertiary/aromatic N) is 1. The second-order valence-corrected chi connectivity index (χ2v) is 6.49. The van der Waals surface area contributed by atoms with E-state index in [1.165, 1.54) is 11.1 Å². The van der Waals surface area contributed by atoms with Gasteiger partial charge in [-0.2, -0.15) is 0 Å². The summed E-state index contributed by atoms with van der Waals surface area (Å²) < 4.78 is 11.2. The highest BCUT2D eigenvalue weighted by Crippen LogP contribution is 2.32. The van der Waals surface area contributed by atoms with Crippen LogP contribution in [0.4, 0.5) is 0 Å². The Hall–Kier alpha value is -1.96. The minimum atomic E-state index is 0. The van der Waals surface area contributed by atoms with Crippen molar-refractivity contribution in [2.24, 2.45) is 4.99 Å². The number of para-hydroxylation sites is 1. The molecule has 0 aromatic heterocycles. The number of nitrogens with one attached hydrogen (secondary N) is 2. The molecule has 1 atom stereocenters. The average Bonchev–Trinajstić information content (AvgIpc) is 2.68. The van der Waals surface area contributed by atoms with Gasteiger partial charge in [-0.1, -0.05) is 30.3 Å². The van der Waals surface area contributed by atoms with Crippen molar-refractivity contribution in [3.63, 3.8) is 0 Å². The van der Waals surface area contributed by atoms with Gasteiger partial charge in [-0.05, 0) is 36.6 Å². The van der Waals surface area contributed by atoms with E-state index in [9.17, 15) is 0 Å². The van der Waals surface area contributed by atoms with Crippen molar-refractivity contribution in [2.45, 2.75) is 25.8 Å². The number of aryl methyl sites for hydroxylation is 1. The molecule has 1 unspecified atom stereocenters. The number of benzene rings is 2. The second kappa shape index (κ2) is 10.4. The van der Waals surface area contributed by atoms with Crippen molar-refractivity contribution in [2.75, 3.05) is 27.3 Å². The highest BCUT2D eigenvalue weighted by molar-refractivity contribution is 14.0. The first-order chi connectivity index (χ1) is 12.7. The summed E-state index contributed by atoms with van der Waals surface area (Å²) in [5.74, 6) is 3.10. The number of halogens is 1. The third-order valence-electron chi connectivity index (χ3n) is 4.71. The van der Waals surface area contributed by atoms with Crippen LogP contribution in [0.1, 0.15) is 29.0 Å². The molecule has 5 nitrogen and oxygen atoms in total. The Bertz CT molecular complexity index is 780.